The molecule has 7 heteroatoms. The van der Waals surface area contributed by atoms with E-state index in [4.69, 9.17) is 6.42 Å². The van der Waals surface area contributed by atoms with E-state index in [1.807, 2.05) is 36.6 Å². The molecule has 24 heavy (non-hydrogen) atoms. The van der Waals surface area contributed by atoms with Crippen LogP contribution < -0.4 is 4.80 Å². The molecule has 5 nitrogen and oxygen atoms in total. The summed E-state index contributed by atoms with van der Waals surface area (Å²) in [4.78, 5) is 17.5. The van der Waals surface area contributed by atoms with Crippen molar-refractivity contribution in [2.75, 3.05) is 0 Å². The molecule has 2 aromatic heterocycles. The molecule has 1 aromatic carbocycles. The Morgan fingerprint density at radius 1 is 1.46 bits per heavy atom. The predicted octanol–water partition coefficient (Wildman–Crippen LogP) is 3.62. The van der Waals surface area contributed by atoms with Gasteiger partial charge in [0.05, 0.1) is 16.8 Å². The lowest BCUT2D eigenvalue weighted by atomic mass is 10.3. The van der Waals surface area contributed by atoms with Crippen LogP contribution in [0.15, 0.2) is 39.9 Å². The first-order chi connectivity index (χ1) is 11.5. The highest BCUT2D eigenvalue weighted by Crippen LogP contribution is 2.22. The number of carbonyl (C=O) groups excluding carboxylic acids is 1. The summed E-state index contributed by atoms with van der Waals surface area (Å²) >= 11 is 4.90. The Morgan fingerprint density at radius 2 is 2.25 bits per heavy atom. The smallest absolute Gasteiger partial charge is 0.297 e. The van der Waals surface area contributed by atoms with Crippen molar-refractivity contribution in [3.8, 4) is 12.3 Å². The standard InChI is InChI=1S/C17H15BrN4OS/c1-4-9-21-13-6-5-12(18)10-15(13)24-17(21)20-16(23)14-7-8-19-22(14)11(2)3/h1,5-8,10-11H,9H2,2-3H3. The molecule has 0 N–H and O–H groups in total. The summed E-state index contributed by atoms with van der Waals surface area (Å²) < 4.78 is 5.53. The number of nitrogens with zero attached hydrogens (tertiary/aromatic N) is 4. The molecule has 2 heterocycles. The second-order valence-corrected chi connectivity index (χ2v) is 7.38. The van der Waals surface area contributed by atoms with Crippen LogP contribution in [0.2, 0.25) is 0 Å². The zero-order valence-corrected chi connectivity index (χ0v) is 15.6. The van der Waals surface area contributed by atoms with E-state index in [0.29, 0.717) is 17.0 Å². The summed E-state index contributed by atoms with van der Waals surface area (Å²) in [5.74, 6) is 2.30. The molecular weight excluding hydrogens is 388 g/mol. The van der Waals surface area contributed by atoms with Gasteiger partial charge >= 0.3 is 0 Å². The summed E-state index contributed by atoms with van der Waals surface area (Å²) in [6.07, 6.45) is 7.09. The van der Waals surface area contributed by atoms with Gasteiger partial charge in [0.15, 0.2) is 4.80 Å². The molecule has 0 aliphatic carbocycles. The summed E-state index contributed by atoms with van der Waals surface area (Å²) in [5, 5.41) is 4.19. The van der Waals surface area contributed by atoms with Crippen molar-refractivity contribution in [3.63, 3.8) is 0 Å². The SMILES string of the molecule is C#CCn1c(=NC(=O)c2ccnn2C(C)C)sc2cc(Br)ccc21. The largest absolute Gasteiger partial charge is 0.305 e. The van der Waals surface area contributed by atoms with Gasteiger partial charge in [0, 0.05) is 16.7 Å². The van der Waals surface area contributed by atoms with Crippen LogP contribution >= 0.6 is 27.3 Å². The summed E-state index contributed by atoms with van der Waals surface area (Å²) in [6, 6.07) is 7.68. The second-order valence-electron chi connectivity index (χ2n) is 5.46. The number of amides is 1. The van der Waals surface area contributed by atoms with Gasteiger partial charge in [0.25, 0.3) is 5.91 Å². The molecule has 0 bridgehead atoms. The lowest BCUT2D eigenvalue weighted by molar-refractivity contribution is 0.0986. The number of carbonyl (C=O) groups is 1. The van der Waals surface area contributed by atoms with Crippen LogP contribution in [-0.4, -0.2) is 20.3 Å². The van der Waals surface area contributed by atoms with Crippen molar-refractivity contribution in [1.82, 2.24) is 14.3 Å². The minimum absolute atomic E-state index is 0.0883. The monoisotopic (exact) mass is 402 g/mol. The molecule has 0 aliphatic heterocycles. The van der Waals surface area contributed by atoms with Gasteiger partial charge in [-0.15, -0.1) is 6.42 Å². The van der Waals surface area contributed by atoms with Crippen molar-refractivity contribution in [1.29, 1.82) is 0 Å². The molecule has 122 valence electrons. The first kappa shape index (κ1) is 16.7. The van der Waals surface area contributed by atoms with E-state index in [-0.39, 0.29) is 11.9 Å². The average Bonchev–Trinajstić information content (AvgIpc) is 3.13. The Hall–Kier alpha value is -2.17. The van der Waals surface area contributed by atoms with Gasteiger partial charge in [-0.05, 0) is 38.1 Å². The Balaban J connectivity index is 2.15. The number of aromatic nitrogens is 3. The van der Waals surface area contributed by atoms with Gasteiger partial charge in [0.2, 0.25) is 0 Å². The molecule has 0 fully saturated rings. The number of halogens is 1. The van der Waals surface area contributed by atoms with Crippen molar-refractivity contribution in [3.05, 3.63) is 45.4 Å². The first-order valence-electron chi connectivity index (χ1n) is 7.36. The topological polar surface area (TPSA) is 52.2 Å². The third-order valence-electron chi connectivity index (χ3n) is 3.47. The maximum absolute atomic E-state index is 12.6. The molecular formula is C17H15BrN4OS. The summed E-state index contributed by atoms with van der Waals surface area (Å²) in [7, 11) is 0. The number of hydrogen-bond donors (Lipinski definition) is 0. The third kappa shape index (κ3) is 3.07. The van der Waals surface area contributed by atoms with Crippen LogP contribution in [0.25, 0.3) is 10.2 Å². The Bertz CT molecular complexity index is 1020. The quantitative estimate of drug-likeness (QED) is 0.628. The zero-order valence-electron chi connectivity index (χ0n) is 13.2. The van der Waals surface area contributed by atoms with Crippen molar-refractivity contribution >= 4 is 43.4 Å². The van der Waals surface area contributed by atoms with Gasteiger partial charge in [-0.2, -0.15) is 10.1 Å². The molecule has 0 radical (unpaired) electrons. The summed E-state index contributed by atoms with van der Waals surface area (Å²) in [5.41, 5.74) is 1.43. The minimum atomic E-state index is -0.322. The molecule has 3 aromatic rings. The Kier molecular flexibility index (Phi) is 4.69. The predicted molar refractivity (Wildman–Crippen MR) is 98.9 cm³/mol. The van der Waals surface area contributed by atoms with Gasteiger partial charge < -0.3 is 4.57 Å². The molecule has 3 rings (SSSR count). The van der Waals surface area contributed by atoms with Gasteiger partial charge in [-0.3, -0.25) is 9.48 Å². The molecule has 0 spiro atoms. The van der Waals surface area contributed by atoms with Crippen molar-refractivity contribution in [2.45, 2.75) is 26.4 Å². The number of rotatable bonds is 3. The molecule has 0 atom stereocenters. The molecule has 0 saturated heterocycles. The fourth-order valence-corrected chi connectivity index (χ4v) is 4.00. The van der Waals surface area contributed by atoms with Crippen LogP contribution in [-0.2, 0) is 6.54 Å². The zero-order chi connectivity index (χ0) is 17.3. The molecule has 0 aliphatic rings. The van der Waals surface area contributed by atoms with Crippen molar-refractivity contribution in [2.24, 2.45) is 4.99 Å². The summed E-state index contributed by atoms with van der Waals surface area (Å²) in [6.45, 7) is 4.30. The third-order valence-corrected chi connectivity index (χ3v) is 5.00. The van der Waals surface area contributed by atoms with Crippen LogP contribution in [0.5, 0.6) is 0 Å². The molecule has 0 saturated carbocycles. The first-order valence-corrected chi connectivity index (χ1v) is 8.97. The fraction of sp³-hybridized carbons (Fsp3) is 0.235. The number of benzene rings is 1. The Morgan fingerprint density at radius 3 is 2.96 bits per heavy atom. The van der Waals surface area contributed by atoms with Crippen LogP contribution in [0.4, 0.5) is 0 Å². The normalized spacial score (nSPS) is 12.0. The van der Waals surface area contributed by atoms with Crippen LogP contribution in [0, 0.1) is 12.3 Å². The van der Waals surface area contributed by atoms with Gasteiger partial charge in [-0.1, -0.05) is 33.2 Å². The van der Waals surface area contributed by atoms with Crippen LogP contribution in [0.1, 0.15) is 30.4 Å². The maximum Gasteiger partial charge on any atom is 0.297 e. The Labute approximate surface area is 151 Å². The van der Waals surface area contributed by atoms with Crippen LogP contribution in [0.3, 0.4) is 0 Å². The maximum atomic E-state index is 12.6. The number of terminal acetylenes is 1. The fourth-order valence-electron chi connectivity index (χ4n) is 2.42. The van der Waals surface area contributed by atoms with Crippen molar-refractivity contribution < 1.29 is 4.79 Å². The number of thiazole rings is 1. The van der Waals surface area contributed by atoms with E-state index < -0.39 is 0 Å². The van der Waals surface area contributed by atoms with Gasteiger partial charge in [-0.25, -0.2) is 0 Å². The molecule has 1 amide bonds. The highest BCUT2D eigenvalue weighted by Gasteiger charge is 2.14. The van der Waals surface area contributed by atoms with E-state index in [0.717, 1.165) is 14.7 Å². The van der Waals surface area contributed by atoms with E-state index in [2.05, 4.69) is 31.9 Å². The minimum Gasteiger partial charge on any atom is -0.305 e. The number of fused-ring (bicyclic) bond motifs is 1. The number of hydrogen-bond acceptors (Lipinski definition) is 3. The average molecular weight is 403 g/mol. The second kappa shape index (κ2) is 6.75. The van der Waals surface area contributed by atoms with E-state index in [1.165, 1.54) is 11.3 Å². The highest BCUT2D eigenvalue weighted by atomic mass is 79.9. The molecule has 0 unspecified atom stereocenters. The van der Waals surface area contributed by atoms with E-state index in [9.17, 15) is 4.79 Å². The highest BCUT2D eigenvalue weighted by molar-refractivity contribution is 9.10. The van der Waals surface area contributed by atoms with E-state index >= 15 is 0 Å². The lowest BCUT2D eigenvalue weighted by Gasteiger charge is -2.07. The van der Waals surface area contributed by atoms with E-state index in [1.54, 1.807) is 16.9 Å². The van der Waals surface area contributed by atoms with Gasteiger partial charge in [0.1, 0.15) is 5.69 Å². The lowest BCUT2D eigenvalue weighted by Crippen LogP contribution is -2.18.